The number of hydrogen-bond donors (Lipinski definition) is 1. The summed E-state index contributed by atoms with van der Waals surface area (Å²) in [6.07, 6.45) is 10.6. The summed E-state index contributed by atoms with van der Waals surface area (Å²) < 4.78 is 0. The molecule has 0 fully saturated rings. The van der Waals surface area contributed by atoms with Gasteiger partial charge in [0.05, 0.1) is 6.10 Å². The number of aliphatic hydroxyl groups is 1. The monoisotopic (exact) mass is 212 g/mol. The standard InChI is InChI=1S/C14H28O/c1-4-5-6-7-8-9-10-14(15)12-11-13(2)3/h14-15H,2,4-12H2,1,3H3. The van der Waals surface area contributed by atoms with Gasteiger partial charge in [-0.05, 0) is 26.2 Å². The summed E-state index contributed by atoms with van der Waals surface area (Å²) in [7, 11) is 0. The highest BCUT2D eigenvalue weighted by atomic mass is 16.3. The smallest absolute Gasteiger partial charge is 0.0543 e. The molecule has 1 N–H and O–H groups in total. The molecule has 0 aliphatic carbocycles. The summed E-state index contributed by atoms with van der Waals surface area (Å²) >= 11 is 0. The zero-order valence-electron chi connectivity index (χ0n) is 10.6. The summed E-state index contributed by atoms with van der Waals surface area (Å²) in [5.74, 6) is 0. The number of unbranched alkanes of at least 4 members (excludes halogenated alkanes) is 5. The fourth-order valence-electron chi connectivity index (χ4n) is 1.72. The van der Waals surface area contributed by atoms with Crippen molar-refractivity contribution in [2.75, 3.05) is 0 Å². The molecule has 1 heteroatoms. The van der Waals surface area contributed by atoms with Crippen LogP contribution in [0.2, 0.25) is 0 Å². The molecule has 0 heterocycles. The van der Waals surface area contributed by atoms with E-state index in [1.807, 2.05) is 6.92 Å². The Morgan fingerprint density at radius 2 is 1.67 bits per heavy atom. The van der Waals surface area contributed by atoms with Crippen molar-refractivity contribution in [1.29, 1.82) is 0 Å². The normalized spacial score (nSPS) is 12.7. The van der Waals surface area contributed by atoms with Gasteiger partial charge in [0.1, 0.15) is 0 Å². The lowest BCUT2D eigenvalue weighted by molar-refractivity contribution is 0.151. The van der Waals surface area contributed by atoms with Crippen molar-refractivity contribution in [1.82, 2.24) is 0 Å². The quantitative estimate of drug-likeness (QED) is 0.419. The fourth-order valence-corrected chi connectivity index (χ4v) is 1.72. The van der Waals surface area contributed by atoms with Crippen LogP contribution in [0.4, 0.5) is 0 Å². The van der Waals surface area contributed by atoms with Gasteiger partial charge in [-0.3, -0.25) is 0 Å². The van der Waals surface area contributed by atoms with Crippen LogP contribution in [0.1, 0.15) is 71.6 Å². The van der Waals surface area contributed by atoms with Gasteiger partial charge in [-0.1, -0.05) is 51.0 Å². The van der Waals surface area contributed by atoms with E-state index in [4.69, 9.17) is 0 Å². The zero-order chi connectivity index (χ0) is 11.5. The highest BCUT2D eigenvalue weighted by Gasteiger charge is 2.03. The molecule has 0 aromatic carbocycles. The van der Waals surface area contributed by atoms with Crippen LogP contribution in [0.3, 0.4) is 0 Å². The first-order chi connectivity index (χ1) is 7.16. The number of hydrogen-bond acceptors (Lipinski definition) is 1. The molecule has 0 aliphatic rings. The summed E-state index contributed by atoms with van der Waals surface area (Å²) in [6, 6.07) is 0. The van der Waals surface area contributed by atoms with Crippen LogP contribution in [0.25, 0.3) is 0 Å². The van der Waals surface area contributed by atoms with Crippen LogP contribution in [0.15, 0.2) is 12.2 Å². The Morgan fingerprint density at radius 1 is 1.07 bits per heavy atom. The lowest BCUT2D eigenvalue weighted by atomic mass is 10.0. The maximum Gasteiger partial charge on any atom is 0.0543 e. The molecule has 0 bridgehead atoms. The molecule has 15 heavy (non-hydrogen) atoms. The molecule has 0 aromatic heterocycles. The minimum Gasteiger partial charge on any atom is -0.393 e. The predicted octanol–water partition coefficient (Wildman–Crippen LogP) is 4.45. The van der Waals surface area contributed by atoms with Crippen molar-refractivity contribution >= 4 is 0 Å². The van der Waals surface area contributed by atoms with E-state index in [0.29, 0.717) is 0 Å². The van der Waals surface area contributed by atoms with Crippen molar-refractivity contribution < 1.29 is 5.11 Å². The maximum absolute atomic E-state index is 9.66. The Morgan fingerprint density at radius 3 is 2.27 bits per heavy atom. The van der Waals surface area contributed by atoms with Crippen LogP contribution >= 0.6 is 0 Å². The molecule has 0 amide bonds. The highest BCUT2D eigenvalue weighted by Crippen LogP contribution is 2.12. The van der Waals surface area contributed by atoms with E-state index in [0.717, 1.165) is 19.3 Å². The van der Waals surface area contributed by atoms with Crippen LogP contribution in [0.5, 0.6) is 0 Å². The summed E-state index contributed by atoms with van der Waals surface area (Å²) in [5, 5.41) is 9.66. The minimum absolute atomic E-state index is 0.104. The molecule has 90 valence electrons. The molecule has 0 rings (SSSR count). The molecule has 0 aliphatic heterocycles. The fraction of sp³-hybridized carbons (Fsp3) is 0.857. The largest absolute Gasteiger partial charge is 0.393 e. The van der Waals surface area contributed by atoms with E-state index in [1.54, 1.807) is 0 Å². The van der Waals surface area contributed by atoms with Crippen molar-refractivity contribution in [3.63, 3.8) is 0 Å². The van der Waals surface area contributed by atoms with Gasteiger partial charge >= 0.3 is 0 Å². The third-order valence-corrected chi connectivity index (χ3v) is 2.80. The van der Waals surface area contributed by atoms with Crippen molar-refractivity contribution in [3.8, 4) is 0 Å². The highest BCUT2D eigenvalue weighted by molar-refractivity contribution is 4.88. The first kappa shape index (κ1) is 14.7. The van der Waals surface area contributed by atoms with E-state index in [-0.39, 0.29) is 6.10 Å². The molecular weight excluding hydrogens is 184 g/mol. The van der Waals surface area contributed by atoms with Crippen molar-refractivity contribution in [3.05, 3.63) is 12.2 Å². The first-order valence-electron chi connectivity index (χ1n) is 6.49. The Bertz CT molecular complexity index is 151. The van der Waals surface area contributed by atoms with E-state index < -0.39 is 0 Å². The molecular formula is C14H28O. The van der Waals surface area contributed by atoms with Crippen molar-refractivity contribution in [2.45, 2.75) is 77.7 Å². The maximum atomic E-state index is 9.66. The zero-order valence-corrected chi connectivity index (χ0v) is 10.6. The summed E-state index contributed by atoms with van der Waals surface area (Å²) in [6.45, 7) is 8.11. The third kappa shape index (κ3) is 11.6. The average molecular weight is 212 g/mol. The van der Waals surface area contributed by atoms with Crippen molar-refractivity contribution in [2.24, 2.45) is 0 Å². The van der Waals surface area contributed by atoms with Crippen LogP contribution < -0.4 is 0 Å². The molecule has 1 unspecified atom stereocenters. The van der Waals surface area contributed by atoms with E-state index in [2.05, 4.69) is 13.5 Å². The van der Waals surface area contributed by atoms with Gasteiger partial charge in [0.15, 0.2) is 0 Å². The number of aliphatic hydroxyl groups excluding tert-OH is 1. The molecule has 1 nitrogen and oxygen atoms in total. The summed E-state index contributed by atoms with van der Waals surface area (Å²) in [4.78, 5) is 0. The first-order valence-corrected chi connectivity index (χ1v) is 6.49. The van der Waals surface area contributed by atoms with Gasteiger partial charge in [-0.2, -0.15) is 0 Å². The van der Waals surface area contributed by atoms with Gasteiger partial charge in [-0.15, -0.1) is 6.58 Å². The van der Waals surface area contributed by atoms with E-state index in [9.17, 15) is 5.11 Å². The molecule has 0 saturated carbocycles. The SMILES string of the molecule is C=C(C)CCC(O)CCCCCCCC. The molecule has 0 saturated heterocycles. The Kier molecular flexibility index (Phi) is 10.0. The van der Waals surface area contributed by atoms with E-state index in [1.165, 1.54) is 44.1 Å². The predicted molar refractivity (Wildman–Crippen MR) is 68.0 cm³/mol. The molecule has 0 radical (unpaired) electrons. The molecule has 1 atom stereocenters. The second-order valence-electron chi connectivity index (χ2n) is 4.71. The van der Waals surface area contributed by atoms with E-state index >= 15 is 0 Å². The number of rotatable bonds is 10. The lowest BCUT2D eigenvalue weighted by Crippen LogP contribution is -2.06. The van der Waals surface area contributed by atoms with Crippen LogP contribution in [-0.4, -0.2) is 11.2 Å². The Labute approximate surface area is 95.6 Å². The van der Waals surface area contributed by atoms with Gasteiger partial charge in [0.25, 0.3) is 0 Å². The Balaban J connectivity index is 3.16. The van der Waals surface area contributed by atoms with Gasteiger partial charge in [0, 0.05) is 0 Å². The van der Waals surface area contributed by atoms with Crippen LogP contribution in [0, 0.1) is 0 Å². The van der Waals surface area contributed by atoms with Gasteiger partial charge in [0.2, 0.25) is 0 Å². The topological polar surface area (TPSA) is 20.2 Å². The molecule has 0 aromatic rings. The number of allylic oxidation sites excluding steroid dienone is 1. The third-order valence-electron chi connectivity index (χ3n) is 2.80. The lowest BCUT2D eigenvalue weighted by Gasteiger charge is -2.09. The minimum atomic E-state index is -0.104. The second-order valence-corrected chi connectivity index (χ2v) is 4.71. The van der Waals surface area contributed by atoms with Crippen LogP contribution in [-0.2, 0) is 0 Å². The average Bonchev–Trinajstić information content (AvgIpc) is 2.20. The van der Waals surface area contributed by atoms with Gasteiger partial charge < -0.3 is 5.11 Å². The summed E-state index contributed by atoms with van der Waals surface area (Å²) in [5.41, 5.74) is 1.18. The second kappa shape index (κ2) is 10.2. The Hall–Kier alpha value is -0.300. The van der Waals surface area contributed by atoms with Gasteiger partial charge in [-0.25, -0.2) is 0 Å². The molecule has 0 spiro atoms.